The van der Waals surface area contributed by atoms with Crippen molar-refractivity contribution in [2.75, 3.05) is 0 Å². The first-order valence-corrected chi connectivity index (χ1v) is 14.4. The second kappa shape index (κ2) is 8.47. The van der Waals surface area contributed by atoms with Gasteiger partial charge in [-0.15, -0.1) is 0 Å². The first-order valence-electron chi connectivity index (χ1n) is 14.4. The van der Waals surface area contributed by atoms with Crippen molar-refractivity contribution in [2.24, 2.45) is 5.41 Å². The Bertz CT molecular complexity index is 1240. The summed E-state index contributed by atoms with van der Waals surface area (Å²) in [7, 11) is 0. The van der Waals surface area contributed by atoms with E-state index in [1.54, 1.807) is 22.3 Å². The van der Waals surface area contributed by atoms with Crippen molar-refractivity contribution >= 4 is 0 Å². The zero-order valence-corrected chi connectivity index (χ0v) is 24.5. The molecule has 0 saturated heterocycles. The van der Waals surface area contributed by atoms with Crippen LogP contribution in [0.4, 0.5) is 0 Å². The topological polar surface area (TPSA) is 0 Å². The number of hydrogen-bond donors (Lipinski definition) is 0. The van der Waals surface area contributed by atoms with Gasteiger partial charge >= 0.3 is 0 Å². The molecule has 2 aromatic rings. The Hall–Kier alpha value is -2.08. The molecule has 0 nitrogen and oxygen atoms in total. The molecule has 0 radical (unpaired) electrons. The van der Waals surface area contributed by atoms with Crippen LogP contribution < -0.4 is 0 Å². The lowest BCUT2D eigenvalue weighted by molar-refractivity contribution is 0.273. The van der Waals surface area contributed by atoms with Gasteiger partial charge in [0.15, 0.2) is 0 Å². The van der Waals surface area contributed by atoms with E-state index in [0.29, 0.717) is 5.41 Å². The van der Waals surface area contributed by atoms with E-state index in [1.807, 2.05) is 0 Å². The zero-order valence-electron chi connectivity index (χ0n) is 24.5. The Kier molecular flexibility index (Phi) is 6.02. The van der Waals surface area contributed by atoms with Gasteiger partial charge in [0, 0.05) is 5.41 Å². The van der Waals surface area contributed by atoms with Gasteiger partial charge in [-0.3, -0.25) is 0 Å². The highest BCUT2D eigenvalue weighted by molar-refractivity contribution is 5.80. The van der Waals surface area contributed by atoms with Crippen molar-refractivity contribution < 1.29 is 0 Å². The van der Waals surface area contributed by atoms with E-state index in [4.69, 9.17) is 0 Å². The molecule has 0 aromatic heterocycles. The summed E-state index contributed by atoms with van der Waals surface area (Å²) in [5.41, 5.74) is 14.3. The second-order valence-corrected chi connectivity index (χ2v) is 14.9. The van der Waals surface area contributed by atoms with Crippen molar-refractivity contribution in [1.82, 2.24) is 0 Å². The predicted molar refractivity (Wildman–Crippen MR) is 157 cm³/mol. The lowest BCUT2D eigenvalue weighted by Crippen LogP contribution is -2.24. The highest BCUT2D eigenvalue weighted by Gasteiger charge is 2.38. The lowest BCUT2D eigenvalue weighted by atomic mass is 9.69. The fraction of sp³-hybridized carbons (Fsp3) is 0.556. The van der Waals surface area contributed by atoms with Crippen molar-refractivity contribution in [3.05, 3.63) is 81.4 Å². The van der Waals surface area contributed by atoms with Crippen molar-refractivity contribution in [3.63, 3.8) is 0 Å². The average molecular weight is 481 g/mol. The maximum absolute atomic E-state index is 2.61. The molecule has 1 fully saturated rings. The monoisotopic (exact) mass is 480 g/mol. The first kappa shape index (κ1) is 25.6. The van der Waals surface area contributed by atoms with Crippen LogP contribution in [0.3, 0.4) is 0 Å². The van der Waals surface area contributed by atoms with Gasteiger partial charge in [0.1, 0.15) is 0 Å². The summed E-state index contributed by atoms with van der Waals surface area (Å²) in [6.07, 6.45) is 14.2. The maximum atomic E-state index is 2.61. The SMILES string of the molecule is CC1(C2=CCC(C(C)(C)c3cc(C(C)(C)C)cc4c3Cc3ccc(C(C)(C)C)cc3-4)=C2)CCCCC1. The zero-order chi connectivity index (χ0) is 26.1. The van der Waals surface area contributed by atoms with Crippen LogP contribution >= 0.6 is 0 Å². The van der Waals surface area contributed by atoms with E-state index in [9.17, 15) is 0 Å². The Balaban J connectivity index is 1.61. The van der Waals surface area contributed by atoms with Crippen LogP contribution in [0.5, 0.6) is 0 Å². The lowest BCUT2D eigenvalue weighted by Gasteiger charge is -2.35. The quantitative estimate of drug-likeness (QED) is 0.350. The maximum Gasteiger partial charge on any atom is 0.0115 e. The third kappa shape index (κ3) is 4.33. The normalized spacial score (nSPS) is 19.6. The number of rotatable bonds is 3. The van der Waals surface area contributed by atoms with E-state index >= 15 is 0 Å². The molecular formula is C36H48. The summed E-state index contributed by atoms with van der Waals surface area (Å²) in [5, 5.41) is 0. The highest BCUT2D eigenvalue weighted by atomic mass is 14.4. The molecule has 192 valence electrons. The van der Waals surface area contributed by atoms with Crippen LogP contribution in [0.25, 0.3) is 11.1 Å². The van der Waals surface area contributed by atoms with Crippen molar-refractivity contribution in [1.29, 1.82) is 0 Å². The van der Waals surface area contributed by atoms with Crippen LogP contribution in [0, 0.1) is 5.41 Å². The molecule has 0 spiro atoms. The molecule has 0 amide bonds. The van der Waals surface area contributed by atoms with Crippen molar-refractivity contribution in [2.45, 2.75) is 124 Å². The van der Waals surface area contributed by atoms with Gasteiger partial charge in [-0.25, -0.2) is 0 Å². The molecular weight excluding hydrogens is 432 g/mol. The van der Waals surface area contributed by atoms with Gasteiger partial charge in [-0.05, 0) is 86.4 Å². The molecule has 5 rings (SSSR count). The standard InChI is InChI=1S/C36H48/c1-33(2,3)25-14-13-24-19-31-30(29(24)21-25)22-28(34(4,5)6)23-32(31)35(7,8)26-15-16-27(20-26)36(9)17-11-10-12-18-36/h13-14,16,20-23H,10-12,15,17-19H2,1-9H3. The minimum Gasteiger partial charge on any atom is -0.0767 e. The largest absolute Gasteiger partial charge is 0.0767 e. The molecule has 0 unspecified atom stereocenters. The molecule has 36 heavy (non-hydrogen) atoms. The third-order valence-corrected chi connectivity index (χ3v) is 9.75. The van der Waals surface area contributed by atoms with Gasteiger partial charge in [0.05, 0.1) is 0 Å². The minimum atomic E-state index is 0.0174. The molecule has 2 aromatic carbocycles. The Morgan fingerprint density at radius 2 is 1.36 bits per heavy atom. The average Bonchev–Trinajstić information content (AvgIpc) is 3.43. The molecule has 0 atom stereocenters. The van der Waals surface area contributed by atoms with Crippen LogP contribution in [0.1, 0.15) is 129 Å². The summed E-state index contributed by atoms with van der Waals surface area (Å²) in [4.78, 5) is 0. The van der Waals surface area contributed by atoms with Crippen LogP contribution in [0.2, 0.25) is 0 Å². The fourth-order valence-electron chi connectivity index (χ4n) is 6.91. The van der Waals surface area contributed by atoms with E-state index in [2.05, 4.69) is 105 Å². The van der Waals surface area contributed by atoms with Gasteiger partial charge < -0.3 is 0 Å². The smallest absolute Gasteiger partial charge is 0.0115 e. The predicted octanol–water partition coefficient (Wildman–Crippen LogP) is 10.4. The fourth-order valence-corrected chi connectivity index (χ4v) is 6.91. The molecule has 0 aliphatic heterocycles. The Morgan fingerprint density at radius 3 is 2.00 bits per heavy atom. The number of hydrogen-bond acceptors (Lipinski definition) is 0. The van der Waals surface area contributed by atoms with Gasteiger partial charge in [-0.1, -0.05) is 130 Å². The van der Waals surface area contributed by atoms with Crippen molar-refractivity contribution in [3.8, 4) is 11.1 Å². The molecule has 0 heteroatoms. The number of allylic oxidation sites excluding steroid dienone is 4. The summed E-state index contributed by atoms with van der Waals surface area (Å²) in [6.45, 7) is 21.6. The van der Waals surface area contributed by atoms with Gasteiger partial charge in [0.25, 0.3) is 0 Å². The van der Waals surface area contributed by atoms with E-state index in [0.717, 1.165) is 12.8 Å². The second-order valence-electron chi connectivity index (χ2n) is 14.9. The van der Waals surface area contributed by atoms with E-state index < -0.39 is 0 Å². The van der Waals surface area contributed by atoms with Crippen LogP contribution in [0.15, 0.2) is 53.6 Å². The van der Waals surface area contributed by atoms with Gasteiger partial charge in [0.2, 0.25) is 0 Å². The molecule has 3 aliphatic carbocycles. The molecule has 0 N–H and O–H groups in total. The van der Waals surface area contributed by atoms with E-state index in [1.165, 1.54) is 59.9 Å². The summed E-state index contributed by atoms with van der Waals surface area (Å²) in [5.74, 6) is 0. The molecule has 1 saturated carbocycles. The molecule has 3 aliphatic rings. The first-order chi connectivity index (χ1) is 16.7. The summed E-state index contributed by atoms with van der Waals surface area (Å²) in [6, 6.07) is 12.3. The highest BCUT2D eigenvalue weighted by Crippen LogP contribution is 2.51. The molecule has 0 heterocycles. The summed E-state index contributed by atoms with van der Waals surface area (Å²) >= 11 is 0. The van der Waals surface area contributed by atoms with Gasteiger partial charge in [-0.2, -0.15) is 0 Å². The van der Waals surface area contributed by atoms with Crippen LogP contribution in [-0.4, -0.2) is 0 Å². The van der Waals surface area contributed by atoms with Crippen LogP contribution in [-0.2, 0) is 22.7 Å². The van der Waals surface area contributed by atoms with E-state index in [-0.39, 0.29) is 16.2 Å². The number of fused-ring (bicyclic) bond motifs is 3. The Morgan fingerprint density at radius 1 is 0.722 bits per heavy atom. The molecule has 0 bridgehead atoms. The third-order valence-electron chi connectivity index (χ3n) is 9.75. The Labute approximate surface area is 221 Å². The number of benzene rings is 2. The minimum absolute atomic E-state index is 0.0174. The summed E-state index contributed by atoms with van der Waals surface area (Å²) < 4.78 is 0.